The quantitative estimate of drug-likeness (QED) is 0.655. The van der Waals surface area contributed by atoms with Gasteiger partial charge in [0.15, 0.2) is 0 Å². The first kappa shape index (κ1) is 21.2. The molecule has 1 amide bonds. The number of morpholine rings is 1. The van der Waals surface area contributed by atoms with E-state index in [2.05, 4.69) is 5.32 Å². The molecule has 1 heterocycles. The molecule has 1 aliphatic rings. The van der Waals surface area contributed by atoms with E-state index in [-0.39, 0.29) is 31.9 Å². The van der Waals surface area contributed by atoms with E-state index < -0.39 is 26.6 Å². The van der Waals surface area contributed by atoms with E-state index in [1.54, 1.807) is 12.1 Å². The van der Waals surface area contributed by atoms with Gasteiger partial charge in [0.05, 0.1) is 13.2 Å². The SMILES string of the molecule is O=C(Nc1ccccc1-c1ccccc1)c1ccc(F)c(S(=O)(=O)N2CCOCC2)c1. The molecule has 0 aromatic heterocycles. The number of nitrogens with one attached hydrogen (secondary N) is 1. The van der Waals surface area contributed by atoms with Crippen molar-refractivity contribution >= 4 is 21.6 Å². The lowest BCUT2D eigenvalue weighted by Crippen LogP contribution is -2.41. The molecule has 0 saturated carbocycles. The predicted octanol–water partition coefficient (Wildman–Crippen LogP) is 3.77. The summed E-state index contributed by atoms with van der Waals surface area (Å²) in [6.07, 6.45) is 0. The van der Waals surface area contributed by atoms with Gasteiger partial charge in [0.2, 0.25) is 10.0 Å². The smallest absolute Gasteiger partial charge is 0.255 e. The number of halogens is 1. The first-order valence-corrected chi connectivity index (χ1v) is 11.2. The van der Waals surface area contributed by atoms with E-state index in [0.29, 0.717) is 5.69 Å². The number of carbonyl (C=O) groups is 1. The summed E-state index contributed by atoms with van der Waals surface area (Å²) in [4.78, 5) is 12.4. The van der Waals surface area contributed by atoms with E-state index in [1.807, 2.05) is 42.5 Å². The molecule has 4 rings (SSSR count). The van der Waals surface area contributed by atoms with Crippen molar-refractivity contribution in [2.45, 2.75) is 4.90 Å². The largest absolute Gasteiger partial charge is 0.379 e. The first-order chi connectivity index (χ1) is 15.0. The standard InChI is InChI=1S/C23H21FN2O4S/c24-20-11-10-18(16-22(20)31(28,29)26-12-14-30-15-13-26)23(27)25-21-9-5-4-8-19(21)17-6-2-1-3-7-17/h1-11,16H,12-15H2,(H,25,27). The average molecular weight is 440 g/mol. The molecule has 3 aromatic carbocycles. The molecule has 31 heavy (non-hydrogen) atoms. The number of benzene rings is 3. The third-order valence-corrected chi connectivity index (χ3v) is 6.95. The minimum atomic E-state index is -4.07. The van der Waals surface area contributed by atoms with Gasteiger partial charge < -0.3 is 10.1 Å². The Morgan fingerprint density at radius 2 is 1.61 bits per heavy atom. The Labute approximate surface area is 180 Å². The molecule has 3 aromatic rings. The molecule has 0 unspecified atom stereocenters. The van der Waals surface area contributed by atoms with Gasteiger partial charge in [-0.15, -0.1) is 0 Å². The van der Waals surface area contributed by atoms with Gasteiger partial charge in [0, 0.05) is 29.9 Å². The van der Waals surface area contributed by atoms with Gasteiger partial charge in [0.1, 0.15) is 10.7 Å². The Balaban J connectivity index is 1.63. The lowest BCUT2D eigenvalue weighted by molar-refractivity contribution is 0.0729. The van der Waals surface area contributed by atoms with Gasteiger partial charge in [-0.1, -0.05) is 48.5 Å². The maximum absolute atomic E-state index is 14.4. The third kappa shape index (κ3) is 4.51. The van der Waals surface area contributed by atoms with Crippen molar-refractivity contribution in [3.05, 3.63) is 84.2 Å². The van der Waals surface area contributed by atoms with E-state index in [1.165, 1.54) is 10.4 Å². The fourth-order valence-electron chi connectivity index (χ4n) is 3.42. The van der Waals surface area contributed by atoms with Crippen molar-refractivity contribution in [1.82, 2.24) is 4.31 Å². The van der Waals surface area contributed by atoms with Crippen molar-refractivity contribution in [3.63, 3.8) is 0 Å². The topological polar surface area (TPSA) is 75.7 Å². The van der Waals surface area contributed by atoms with E-state index in [9.17, 15) is 17.6 Å². The number of anilines is 1. The molecule has 0 aliphatic carbocycles. The van der Waals surface area contributed by atoms with Crippen molar-refractivity contribution in [2.24, 2.45) is 0 Å². The maximum Gasteiger partial charge on any atom is 0.255 e. The predicted molar refractivity (Wildman–Crippen MR) is 116 cm³/mol. The number of amides is 1. The summed E-state index contributed by atoms with van der Waals surface area (Å²) in [6.45, 7) is 0.778. The molecule has 1 N–H and O–H groups in total. The summed E-state index contributed by atoms with van der Waals surface area (Å²) < 4.78 is 46.5. The second kappa shape index (κ2) is 8.97. The fraction of sp³-hybridized carbons (Fsp3) is 0.174. The fourth-order valence-corrected chi connectivity index (χ4v) is 4.92. The summed E-state index contributed by atoms with van der Waals surface area (Å²) in [5.41, 5.74) is 2.37. The second-order valence-electron chi connectivity index (χ2n) is 7.03. The normalized spacial score (nSPS) is 14.9. The van der Waals surface area contributed by atoms with Crippen molar-refractivity contribution in [3.8, 4) is 11.1 Å². The Kier molecular flexibility index (Phi) is 6.13. The zero-order valence-corrected chi connectivity index (χ0v) is 17.4. The summed E-state index contributed by atoms with van der Waals surface area (Å²) in [5, 5.41) is 2.81. The molecule has 8 heteroatoms. The van der Waals surface area contributed by atoms with Crippen LogP contribution >= 0.6 is 0 Å². The van der Waals surface area contributed by atoms with Crippen LogP contribution in [0.5, 0.6) is 0 Å². The van der Waals surface area contributed by atoms with Gasteiger partial charge in [0.25, 0.3) is 5.91 Å². The zero-order chi connectivity index (χ0) is 21.8. The Bertz CT molecular complexity index is 1190. The number of ether oxygens (including phenoxy) is 1. The minimum Gasteiger partial charge on any atom is -0.379 e. The molecule has 0 radical (unpaired) electrons. The van der Waals surface area contributed by atoms with E-state index in [4.69, 9.17) is 4.74 Å². The first-order valence-electron chi connectivity index (χ1n) is 9.80. The van der Waals surface area contributed by atoms with Crippen molar-refractivity contribution in [2.75, 3.05) is 31.6 Å². The van der Waals surface area contributed by atoms with Crippen LogP contribution in [0.2, 0.25) is 0 Å². The highest BCUT2D eigenvalue weighted by Gasteiger charge is 2.29. The summed E-state index contributed by atoms with van der Waals surface area (Å²) in [5.74, 6) is -1.42. The van der Waals surface area contributed by atoms with Gasteiger partial charge in [-0.3, -0.25) is 4.79 Å². The summed E-state index contributed by atoms with van der Waals surface area (Å²) >= 11 is 0. The maximum atomic E-state index is 14.4. The Morgan fingerprint density at radius 3 is 2.35 bits per heavy atom. The minimum absolute atomic E-state index is 0.0519. The molecule has 1 fully saturated rings. The average Bonchev–Trinajstić information content (AvgIpc) is 2.80. The molecule has 0 bridgehead atoms. The highest BCUT2D eigenvalue weighted by atomic mass is 32.2. The van der Waals surface area contributed by atoms with Crippen LogP contribution in [0.1, 0.15) is 10.4 Å². The van der Waals surface area contributed by atoms with Crippen LogP contribution in [0, 0.1) is 5.82 Å². The third-order valence-electron chi connectivity index (χ3n) is 5.04. The highest BCUT2D eigenvalue weighted by Crippen LogP contribution is 2.28. The number of sulfonamides is 1. The number of para-hydroxylation sites is 1. The number of rotatable bonds is 5. The van der Waals surface area contributed by atoms with Crippen LogP contribution < -0.4 is 5.32 Å². The van der Waals surface area contributed by atoms with E-state index >= 15 is 0 Å². The van der Waals surface area contributed by atoms with Gasteiger partial charge in [-0.25, -0.2) is 12.8 Å². The van der Waals surface area contributed by atoms with Gasteiger partial charge >= 0.3 is 0 Å². The van der Waals surface area contributed by atoms with Gasteiger partial charge in [-0.05, 0) is 29.8 Å². The zero-order valence-electron chi connectivity index (χ0n) is 16.6. The molecule has 0 atom stereocenters. The van der Waals surface area contributed by atoms with Crippen molar-refractivity contribution < 1.29 is 22.3 Å². The number of hydrogen-bond donors (Lipinski definition) is 1. The van der Waals surface area contributed by atoms with Crippen LogP contribution in [0.25, 0.3) is 11.1 Å². The lowest BCUT2D eigenvalue weighted by Gasteiger charge is -2.26. The van der Waals surface area contributed by atoms with E-state index in [0.717, 1.165) is 23.3 Å². The molecule has 0 spiro atoms. The second-order valence-corrected chi connectivity index (χ2v) is 8.93. The van der Waals surface area contributed by atoms with Gasteiger partial charge in [-0.2, -0.15) is 4.31 Å². The number of hydrogen-bond acceptors (Lipinski definition) is 4. The van der Waals surface area contributed by atoms with Crippen LogP contribution in [0.4, 0.5) is 10.1 Å². The molecule has 160 valence electrons. The number of nitrogens with zero attached hydrogens (tertiary/aromatic N) is 1. The van der Waals surface area contributed by atoms with Crippen molar-refractivity contribution in [1.29, 1.82) is 0 Å². The van der Waals surface area contributed by atoms with Crippen LogP contribution in [-0.2, 0) is 14.8 Å². The highest BCUT2D eigenvalue weighted by molar-refractivity contribution is 7.89. The Hall–Kier alpha value is -3.07. The Morgan fingerprint density at radius 1 is 0.935 bits per heavy atom. The van der Waals surface area contributed by atoms with Crippen LogP contribution in [0.3, 0.4) is 0 Å². The summed E-state index contributed by atoms with van der Waals surface area (Å²) in [6, 6.07) is 20.2. The molecule has 1 aliphatic heterocycles. The lowest BCUT2D eigenvalue weighted by atomic mass is 10.0. The number of carbonyl (C=O) groups excluding carboxylic acids is 1. The molecular weight excluding hydrogens is 419 g/mol. The molecule has 6 nitrogen and oxygen atoms in total. The molecular formula is C23H21FN2O4S. The van der Waals surface area contributed by atoms with Crippen LogP contribution in [-0.4, -0.2) is 44.9 Å². The molecule has 1 saturated heterocycles. The monoisotopic (exact) mass is 440 g/mol. The summed E-state index contributed by atoms with van der Waals surface area (Å²) in [7, 11) is -4.07. The van der Waals surface area contributed by atoms with Crippen LogP contribution in [0.15, 0.2) is 77.7 Å².